The van der Waals surface area contributed by atoms with Crippen LogP contribution in [0.15, 0.2) is 24.3 Å². The maximum atomic E-state index is 12.3. The summed E-state index contributed by atoms with van der Waals surface area (Å²) in [6, 6.07) is 7.45. The highest BCUT2D eigenvalue weighted by Crippen LogP contribution is 2.34. The minimum Gasteiger partial charge on any atom is -0.425 e. The average Bonchev–Trinajstić information content (AvgIpc) is 3.02. The molecule has 2 heterocycles. The van der Waals surface area contributed by atoms with E-state index in [9.17, 15) is 9.18 Å². The van der Waals surface area contributed by atoms with E-state index in [0.717, 1.165) is 25.2 Å². The number of fused-ring (bicyclic) bond motifs is 2. The zero-order chi connectivity index (χ0) is 14.8. The molecule has 4 nitrogen and oxygen atoms in total. The van der Waals surface area contributed by atoms with E-state index in [1.54, 1.807) is 24.3 Å². The first-order chi connectivity index (χ1) is 10.1. The molecule has 2 unspecified atom stereocenters. The molecule has 0 bridgehead atoms. The first-order valence-corrected chi connectivity index (χ1v) is 7.42. The lowest BCUT2D eigenvalue weighted by Crippen LogP contribution is -2.35. The lowest BCUT2D eigenvalue weighted by molar-refractivity contribution is -0.122. The van der Waals surface area contributed by atoms with Crippen molar-refractivity contribution in [2.45, 2.75) is 38.3 Å². The van der Waals surface area contributed by atoms with Crippen LogP contribution in [-0.4, -0.2) is 36.9 Å². The van der Waals surface area contributed by atoms with Gasteiger partial charge in [0.15, 0.2) is 11.5 Å². The second-order valence-electron chi connectivity index (χ2n) is 5.84. The molecule has 2 atom stereocenters. The second kappa shape index (κ2) is 6.02. The molecule has 5 heteroatoms. The number of ketones is 1. The van der Waals surface area contributed by atoms with Gasteiger partial charge in [0.2, 0.25) is 0 Å². The van der Waals surface area contributed by atoms with Gasteiger partial charge in [0.1, 0.15) is 5.78 Å². The Bertz CT molecular complexity index is 507. The van der Waals surface area contributed by atoms with Crippen molar-refractivity contribution in [3.63, 3.8) is 0 Å². The standard InChI is InChI=1S/C9H15NO.C7H5FO2.2H2/c1-10-5-4-7-2-3-8(11)6-9(7)10;8-7-9-5-3-1-2-4-6(5)10-7;;/h7,9H,2-6H2,1H3;1-4,7H;2*1H. The Morgan fingerprint density at radius 3 is 2.57 bits per heavy atom. The molecule has 2 aliphatic heterocycles. The second-order valence-corrected chi connectivity index (χ2v) is 5.84. The Morgan fingerprint density at radius 2 is 1.90 bits per heavy atom. The number of Topliss-reactive ketones (excluding diaryl/α,β-unsaturated/α-hetero) is 1. The summed E-state index contributed by atoms with van der Waals surface area (Å²) >= 11 is 0. The summed E-state index contributed by atoms with van der Waals surface area (Å²) in [5.74, 6) is 2.24. The first kappa shape index (κ1) is 14.3. The SMILES string of the molecule is CN1CCC2CCC(=O)CC21.FC1Oc2ccccc2O1.[HH].[HH]. The number of carbonyl (C=O) groups excluding carboxylic acids is 1. The van der Waals surface area contributed by atoms with E-state index in [2.05, 4.69) is 21.4 Å². The molecular formula is C16H24FNO3. The van der Waals surface area contributed by atoms with Crippen LogP contribution in [0.4, 0.5) is 4.39 Å². The van der Waals surface area contributed by atoms with Crippen molar-refractivity contribution in [2.75, 3.05) is 13.6 Å². The fourth-order valence-electron chi connectivity index (χ4n) is 3.30. The molecule has 1 saturated heterocycles. The molecule has 1 aromatic rings. The van der Waals surface area contributed by atoms with Gasteiger partial charge >= 0.3 is 6.54 Å². The number of benzene rings is 1. The van der Waals surface area contributed by atoms with E-state index in [1.807, 2.05) is 0 Å². The average molecular weight is 297 g/mol. The number of hydrogen-bond acceptors (Lipinski definition) is 4. The van der Waals surface area contributed by atoms with Gasteiger partial charge in [-0.15, -0.1) is 0 Å². The largest absolute Gasteiger partial charge is 0.425 e. The molecule has 0 aromatic heterocycles. The van der Waals surface area contributed by atoms with Gasteiger partial charge in [-0.2, -0.15) is 4.39 Å². The van der Waals surface area contributed by atoms with Gasteiger partial charge in [-0.3, -0.25) is 4.79 Å². The molecule has 1 aliphatic carbocycles. The molecule has 1 aromatic carbocycles. The van der Waals surface area contributed by atoms with Crippen molar-refractivity contribution in [1.29, 1.82) is 0 Å². The van der Waals surface area contributed by atoms with Crippen molar-refractivity contribution in [1.82, 2.24) is 4.90 Å². The Hall–Kier alpha value is -1.62. The van der Waals surface area contributed by atoms with Gasteiger partial charge in [0.25, 0.3) is 0 Å². The summed E-state index contributed by atoms with van der Waals surface area (Å²) < 4.78 is 21.5. The van der Waals surface area contributed by atoms with E-state index in [4.69, 9.17) is 0 Å². The van der Waals surface area contributed by atoms with Crippen LogP contribution in [0.25, 0.3) is 0 Å². The van der Waals surface area contributed by atoms with E-state index >= 15 is 0 Å². The van der Waals surface area contributed by atoms with Crippen molar-refractivity contribution in [3.8, 4) is 11.5 Å². The van der Waals surface area contributed by atoms with Crippen LogP contribution in [0.2, 0.25) is 0 Å². The third-order valence-electron chi connectivity index (χ3n) is 4.48. The minimum atomic E-state index is -1.63. The van der Waals surface area contributed by atoms with Crippen LogP contribution >= 0.6 is 0 Å². The Morgan fingerprint density at radius 1 is 1.24 bits per heavy atom. The van der Waals surface area contributed by atoms with Gasteiger partial charge in [-0.1, -0.05) is 12.1 Å². The van der Waals surface area contributed by atoms with Gasteiger partial charge in [0, 0.05) is 21.7 Å². The van der Waals surface area contributed by atoms with E-state index in [-0.39, 0.29) is 2.85 Å². The number of halogens is 1. The maximum Gasteiger partial charge on any atom is 0.397 e. The topological polar surface area (TPSA) is 38.8 Å². The maximum absolute atomic E-state index is 12.3. The number of hydrogen-bond donors (Lipinski definition) is 0. The number of ether oxygens (including phenoxy) is 2. The monoisotopic (exact) mass is 297 g/mol. The summed E-state index contributed by atoms with van der Waals surface area (Å²) in [6.45, 7) is -0.430. The van der Waals surface area contributed by atoms with Crippen molar-refractivity contribution < 1.29 is 21.5 Å². The fourth-order valence-corrected chi connectivity index (χ4v) is 3.30. The molecule has 0 amide bonds. The van der Waals surface area contributed by atoms with Crippen LogP contribution in [-0.2, 0) is 4.79 Å². The summed E-state index contributed by atoms with van der Waals surface area (Å²) in [6.07, 6.45) is 4.12. The molecule has 1 saturated carbocycles. The smallest absolute Gasteiger partial charge is 0.397 e. The van der Waals surface area contributed by atoms with E-state index in [0.29, 0.717) is 23.3 Å². The summed E-state index contributed by atoms with van der Waals surface area (Å²) in [4.78, 5) is 13.5. The van der Waals surface area contributed by atoms with Crippen molar-refractivity contribution in [2.24, 2.45) is 5.92 Å². The van der Waals surface area contributed by atoms with Gasteiger partial charge in [-0.25, -0.2) is 0 Å². The Labute approximate surface area is 126 Å². The summed E-state index contributed by atoms with van der Waals surface area (Å²) in [7, 11) is 2.14. The van der Waals surface area contributed by atoms with Crippen LogP contribution in [0, 0.1) is 5.92 Å². The highest BCUT2D eigenvalue weighted by atomic mass is 19.2. The van der Waals surface area contributed by atoms with Crippen molar-refractivity contribution >= 4 is 5.78 Å². The lowest BCUT2D eigenvalue weighted by atomic mass is 9.84. The molecule has 0 N–H and O–H groups in total. The Kier molecular flexibility index (Phi) is 4.10. The molecule has 118 valence electrons. The van der Waals surface area contributed by atoms with E-state index < -0.39 is 6.54 Å². The molecule has 0 spiro atoms. The minimum absolute atomic E-state index is 0. The molecule has 21 heavy (non-hydrogen) atoms. The first-order valence-electron chi connectivity index (χ1n) is 7.42. The van der Waals surface area contributed by atoms with Gasteiger partial charge in [-0.05, 0) is 44.5 Å². The van der Waals surface area contributed by atoms with E-state index in [1.165, 1.54) is 13.0 Å². The molecule has 2 fully saturated rings. The normalized spacial score (nSPS) is 28.0. The highest BCUT2D eigenvalue weighted by Gasteiger charge is 2.36. The number of likely N-dealkylation sites (tertiary alicyclic amines) is 1. The predicted molar refractivity (Wildman–Crippen MR) is 80.2 cm³/mol. The predicted octanol–water partition coefficient (Wildman–Crippen LogP) is 3.26. The van der Waals surface area contributed by atoms with Gasteiger partial charge < -0.3 is 14.4 Å². The van der Waals surface area contributed by atoms with Crippen LogP contribution in [0.3, 0.4) is 0 Å². The molecule has 4 rings (SSSR count). The van der Waals surface area contributed by atoms with Crippen molar-refractivity contribution in [3.05, 3.63) is 24.3 Å². The third-order valence-corrected chi connectivity index (χ3v) is 4.48. The van der Waals surface area contributed by atoms with Crippen LogP contribution in [0.5, 0.6) is 11.5 Å². The van der Waals surface area contributed by atoms with Gasteiger partial charge in [0.05, 0.1) is 0 Å². The number of alkyl halides is 1. The quantitative estimate of drug-likeness (QED) is 0.737. The molecular weight excluding hydrogens is 273 g/mol. The number of carbonyl (C=O) groups is 1. The number of rotatable bonds is 0. The third kappa shape index (κ3) is 3.18. The number of para-hydroxylation sites is 2. The number of nitrogens with zero attached hydrogens (tertiary/aromatic N) is 1. The molecule has 3 aliphatic rings. The Balaban J connectivity index is 0.000000212. The zero-order valence-electron chi connectivity index (χ0n) is 12.1. The lowest BCUT2D eigenvalue weighted by Gasteiger charge is -2.28. The zero-order valence-corrected chi connectivity index (χ0v) is 12.1. The van der Waals surface area contributed by atoms with Crippen LogP contribution in [0.1, 0.15) is 28.5 Å². The fraction of sp³-hybridized carbons (Fsp3) is 0.562. The summed E-state index contributed by atoms with van der Waals surface area (Å²) in [5, 5.41) is 0. The molecule has 0 radical (unpaired) electrons. The summed E-state index contributed by atoms with van der Waals surface area (Å²) in [5.41, 5.74) is 0. The van der Waals surface area contributed by atoms with Crippen LogP contribution < -0.4 is 9.47 Å². The highest BCUT2D eigenvalue weighted by molar-refractivity contribution is 5.80.